The largest absolute Gasteiger partial charge is 0.443 e. The Hall–Kier alpha value is -0.870. The minimum absolute atomic E-state index is 0.175. The van der Waals surface area contributed by atoms with Gasteiger partial charge in [-0.15, -0.1) is 0 Å². The summed E-state index contributed by atoms with van der Waals surface area (Å²) in [5.74, 6) is -0.312. The third kappa shape index (κ3) is 3.32. The lowest BCUT2D eigenvalue weighted by Crippen LogP contribution is -2.54. The van der Waals surface area contributed by atoms with E-state index >= 15 is 0 Å². The molecule has 0 saturated carbocycles. The number of esters is 1. The smallest absolute Gasteiger partial charge is 0.334 e. The monoisotopic (exact) mass is 212 g/mol. The molecule has 2 unspecified atom stereocenters. The Kier molecular flexibility index (Phi) is 4.29. The Labute approximate surface area is 91.3 Å². The van der Waals surface area contributed by atoms with Gasteiger partial charge in [-0.25, -0.2) is 4.79 Å². The van der Waals surface area contributed by atoms with Gasteiger partial charge in [-0.05, 0) is 20.8 Å². The van der Waals surface area contributed by atoms with E-state index < -0.39 is 0 Å². The van der Waals surface area contributed by atoms with Crippen molar-refractivity contribution in [3.8, 4) is 0 Å². The number of hydrogen-bond donors (Lipinski definition) is 1. The van der Waals surface area contributed by atoms with Crippen LogP contribution in [0.2, 0.25) is 0 Å². The van der Waals surface area contributed by atoms with Crippen molar-refractivity contribution in [2.75, 3.05) is 19.6 Å². The van der Waals surface area contributed by atoms with Gasteiger partial charge in [-0.2, -0.15) is 0 Å². The number of nitrogens with one attached hydrogen (secondary N) is 1. The Balaban J connectivity index is 2.48. The van der Waals surface area contributed by atoms with E-state index in [4.69, 9.17) is 4.74 Å². The minimum atomic E-state index is -0.312. The van der Waals surface area contributed by atoms with E-state index in [1.54, 1.807) is 6.92 Å². The van der Waals surface area contributed by atoms with Gasteiger partial charge in [0.15, 0.2) is 6.23 Å². The lowest BCUT2D eigenvalue weighted by molar-refractivity contribution is -0.155. The van der Waals surface area contributed by atoms with Crippen LogP contribution in [0, 0.1) is 0 Å². The van der Waals surface area contributed by atoms with E-state index in [9.17, 15) is 4.79 Å². The lowest BCUT2D eigenvalue weighted by atomic mass is 10.2. The molecule has 0 aromatic rings. The van der Waals surface area contributed by atoms with Crippen LogP contribution in [0.1, 0.15) is 20.8 Å². The average molecular weight is 212 g/mol. The quantitative estimate of drug-likeness (QED) is 0.553. The molecule has 0 aromatic heterocycles. The third-order valence-electron chi connectivity index (χ3n) is 2.65. The first kappa shape index (κ1) is 12.2. The van der Waals surface area contributed by atoms with E-state index in [2.05, 4.69) is 23.7 Å². The van der Waals surface area contributed by atoms with Crippen LogP contribution in [0.4, 0.5) is 0 Å². The van der Waals surface area contributed by atoms with Crippen LogP contribution in [0.25, 0.3) is 0 Å². The Morgan fingerprint density at radius 3 is 2.87 bits per heavy atom. The van der Waals surface area contributed by atoms with Gasteiger partial charge in [0.1, 0.15) is 0 Å². The summed E-state index contributed by atoms with van der Waals surface area (Å²) in [6.45, 7) is 12.0. The molecule has 0 amide bonds. The molecule has 0 aromatic carbocycles. The van der Waals surface area contributed by atoms with Gasteiger partial charge in [-0.1, -0.05) is 6.58 Å². The SMILES string of the molecule is C=C(C)C(=O)OC(C)N1CCNCC1C. The molecule has 0 spiro atoms. The maximum atomic E-state index is 11.3. The van der Waals surface area contributed by atoms with Gasteiger partial charge in [0.2, 0.25) is 0 Å². The van der Waals surface area contributed by atoms with Crippen molar-refractivity contribution in [2.45, 2.75) is 33.0 Å². The zero-order valence-electron chi connectivity index (χ0n) is 9.75. The van der Waals surface area contributed by atoms with Gasteiger partial charge in [0.25, 0.3) is 0 Å². The summed E-state index contributed by atoms with van der Waals surface area (Å²) in [5.41, 5.74) is 0.449. The molecule has 1 saturated heterocycles. The predicted molar refractivity (Wildman–Crippen MR) is 59.4 cm³/mol. The van der Waals surface area contributed by atoms with Gasteiger partial charge in [0.05, 0.1) is 0 Å². The summed E-state index contributed by atoms with van der Waals surface area (Å²) in [5, 5.41) is 3.30. The number of ether oxygens (including phenoxy) is 1. The molecule has 0 bridgehead atoms. The van der Waals surface area contributed by atoms with Crippen LogP contribution in [-0.2, 0) is 9.53 Å². The molecule has 1 aliphatic rings. The van der Waals surface area contributed by atoms with E-state index in [-0.39, 0.29) is 12.2 Å². The van der Waals surface area contributed by atoms with E-state index in [0.29, 0.717) is 11.6 Å². The standard InChI is InChI=1S/C11H20N2O2/c1-8(2)11(14)15-10(4)13-6-5-12-7-9(13)3/h9-10,12H,1,5-7H2,2-4H3. The van der Waals surface area contributed by atoms with Gasteiger partial charge < -0.3 is 10.1 Å². The van der Waals surface area contributed by atoms with Crippen LogP contribution >= 0.6 is 0 Å². The van der Waals surface area contributed by atoms with Crippen LogP contribution in [0.5, 0.6) is 0 Å². The molecule has 86 valence electrons. The molecule has 4 nitrogen and oxygen atoms in total. The summed E-state index contributed by atoms with van der Waals surface area (Å²) in [4.78, 5) is 13.5. The molecule has 0 radical (unpaired) electrons. The zero-order valence-corrected chi connectivity index (χ0v) is 9.75. The van der Waals surface area contributed by atoms with E-state index in [0.717, 1.165) is 19.6 Å². The highest BCUT2D eigenvalue weighted by atomic mass is 16.6. The molecular formula is C11H20N2O2. The normalized spacial score (nSPS) is 24.6. The van der Waals surface area contributed by atoms with Crippen molar-refractivity contribution >= 4 is 5.97 Å². The van der Waals surface area contributed by atoms with Crippen LogP contribution in [-0.4, -0.2) is 42.8 Å². The Morgan fingerprint density at radius 1 is 1.67 bits per heavy atom. The van der Waals surface area contributed by atoms with Crippen molar-refractivity contribution in [3.05, 3.63) is 12.2 Å². The fourth-order valence-electron chi connectivity index (χ4n) is 1.72. The first-order chi connectivity index (χ1) is 7.02. The highest BCUT2D eigenvalue weighted by Crippen LogP contribution is 2.10. The minimum Gasteiger partial charge on any atom is -0.443 e. The lowest BCUT2D eigenvalue weighted by Gasteiger charge is -2.37. The van der Waals surface area contributed by atoms with Crippen LogP contribution < -0.4 is 5.32 Å². The van der Waals surface area contributed by atoms with Crippen molar-refractivity contribution < 1.29 is 9.53 Å². The highest BCUT2D eigenvalue weighted by molar-refractivity contribution is 5.87. The second kappa shape index (κ2) is 5.28. The van der Waals surface area contributed by atoms with E-state index in [1.807, 2.05) is 6.92 Å². The van der Waals surface area contributed by atoms with Gasteiger partial charge in [0, 0.05) is 31.2 Å². The van der Waals surface area contributed by atoms with Crippen molar-refractivity contribution in [1.82, 2.24) is 10.2 Å². The number of rotatable bonds is 3. The Bertz CT molecular complexity index is 253. The number of carbonyl (C=O) groups excluding carboxylic acids is 1. The second-order valence-corrected chi connectivity index (χ2v) is 4.08. The summed E-state index contributed by atoms with van der Waals surface area (Å²) in [6.07, 6.45) is -0.175. The van der Waals surface area contributed by atoms with Crippen LogP contribution in [0.3, 0.4) is 0 Å². The van der Waals surface area contributed by atoms with Crippen molar-refractivity contribution in [3.63, 3.8) is 0 Å². The molecule has 1 N–H and O–H groups in total. The van der Waals surface area contributed by atoms with Crippen molar-refractivity contribution in [2.24, 2.45) is 0 Å². The fraction of sp³-hybridized carbons (Fsp3) is 0.727. The maximum absolute atomic E-state index is 11.3. The topological polar surface area (TPSA) is 41.6 Å². The molecule has 1 fully saturated rings. The molecule has 0 aliphatic carbocycles. The molecule has 15 heavy (non-hydrogen) atoms. The van der Waals surface area contributed by atoms with Crippen LogP contribution in [0.15, 0.2) is 12.2 Å². The zero-order chi connectivity index (χ0) is 11.4. The van der Waals surface area contributed by atoms with Crippen molar-refractivity contribution in [1.29, 1.82) is 0 Å². The summed E-state index contributed by atoms with van der Waals surface area (Å²) < 4.78 is 5.28. The second-order valence-electron chi connectivity index (χ2n) is 4.08. The maximum Gasteiger partial charge on any atom is 0.334 e. The summed E-state index contributed by atoms with van der Waals surface area (Å²) >= 11 is 0. The van der Waals surface area contributed by atoms with E-state index in [1.165, 1.54) is 0 Å². The molecule has 1 aliphatic heterocycles. The molecule has 4 heteroatoms. The Morgan fingerprint density at radius 2 is 2.33 bits per heavy atom. The average Bonchev–Trinajstić information content (AvgIpc) is 2.18. The fourth-order valence-corrected chi connectivity index (χ4v) is 1.72. The molecule has 1 heterocycles. The summed E-state index contributed by atoms with van der Waals surface area (Å²) in [7, 11) is 0. The number of carbonyl (C=O) groups is 1. The predicted octanol–water partition coefficient (Wildman–Crippen LogP) is 0.745. The third-order valence-corrected chi connectivity index (χ3v) is 2.65. The summed E-state index contributed by atoms with van der Waals surface area (Å²) in [6, 6.07) is 0.395. The van der Waals surface area contributed by atoms with Gasteiger partial charge >= 0.3 is 5.97 Å². The number of piperazine rings is 1. The molecule has 2 atom stereocenters. The number of nitrogens with zero attached hydrogens (tertiary/aromatic N) is 1. The molecule has 1 rings (SSSR count). The molecular weight excluding hydrogens is 192 g/mol. The van der Waals surface area contributed by atoms with Gasteiger partial charge in [-0.3, -0.25) is 4.90 Å². The highest BCUT2D eigenvalue weighted by Gasteiger charge is 2.25. The first-order valence-electron chi connectivity index (χ1n) is 5.35. The first-order valence-corrected chi connectivity index (χ1v) is 5.35. The number of hydrogen-bond acceptors (Lipinski definition) is 4.